The summed E-state index contributed by atoms with van der Waals surface area (Å²) in [5.74, 6) is -2.19. The summed E-state index contributed by atoms with van der Waals surface area (Å²) in [6, 6.07) is 10.4. The predicted octanol–water partition coefficient (Wildman–Crippen LogP) is 10.2. The van der Waals surface area contributed by atoms with Gasteiger partial charge < -0.3 is 28.9 Å². The summed E-state index contributed by atoms with van der Waals surface area (Å²) >= 11 is 0. The molecule has 4 rings (SSSR count). The number of amides is 2. The number of methoxy groups -OCH3 is 2. The maximum atomic E-state index is 15.7. The molecule has 0 saturated carbocycles. The van der Waals surface area contributed by atoms with Crippen LogP contribution >= 0.6 is 0 Å². The lowest BCUT2D eigenvalue weighted by atomic mass is 9.60. The number of carbonyl (C=O) groups is 4. The van der Waals surface area contributed by atoms with Gasteiger partial charge in [-0.2, -0.15) is 0 Å². The first-order valence-electron chi connectivity index (χ1n) is 19.7. The van der Waals surface area contributed by atoms with E-state index in [1.54, 1.807) is 85.1 Å². The van der Waals surface area contributed by atoms with Gasteiger partial charge in [0.2, 0.25) is 23.4 Å². The third-order valence-electron chi connectivity index (χ3n) is 10.3. The Hall–Kier alpha value is -4.60. The van der Waals surface area contributed by atoms with E-state index < -0.39 is 34.0 Å². The molecule has 4 aromatic rings. The van der Waals surface area contributed by atoms with Gasteiger partial charge in [0.1, 0.15) is 22.7 Å². The number of carbonyl (C=O) groups excluding carboxylic acids is 4. The highest BCUT2D eigenvalue weighted by Gasteiger charge is 2.57. The van der Waals surface area contributed by atoms with E-state index >= 15 is 9.59 Å². The van der Waals surface area contributed by atoms with Gasteiger partial charge in [-0.3, -0.25) is 19.2 Å². The Morgan fingerprint density at radius 1 is 0.643 bits per heavy atom. The highest BCUT2D eigenvalue weighted by Crippen LogP contribution is 2.54. The van der Waals surface area contributed by atoms with Gasteiger partial charge in [-0.25, -0.2) is 0 Å². The van der Waals surface area contributed by atoms with Crippen molar-refractivity contribution in [1.82, 2.24) is 10.6 Å². The van der Waals surface area contributed by atoms with Crippen LogP contribution in [0.4, 0.5) is 0 Å². The average Bonchev–Trinajstić information content (AvgIpc) is 3.65. The lowest BCUT2D eigenvalue weighted by Gasteiger charge is -2.41. The SMILES string of the molecule is CCNC(=O)C(CCC(C)(C)C)(c1c(C(=O)C(C)(C)C)oc2ccc(OC)cc12)C(C(=O)NCCC(C)(C)C)c1c(C(=O)C(C)(C)C)oc2ccc(OC)cc12. The highest BCUT2D eigenvalue weighted by atomic mass is 16.5. The Labute approximate surface area is 332 Å². The summed E-state index contributed by atoms with van der Waals surface area (Å²) < 4.78 is 24.4. The minimum absolute atomic E-state index is 0.0255. The van der Waals surface area contributed by atoms with Crippen LogP contribution in [0.15, 0.2) is 45.2 Å². The second-order valence-electron chi connectivity index (χ2n) is 19.5. The fraction of sp³-hybridized carbons (Fsp3) is 0.565. The van der Waals surface area contributed by atoms with Crippen molar-refractivity contribution >= 4 is 45.3 Å². The molecule has 56 heavy (non-hydrogen) atoms. The Kier molecular flexibility index (Phi) is 12.7. The fourth-order valence-electron chi connectivity index (χ4n) is 7.09. The molecule has 2 amide bonds. The summed E-state index contributed by atoms with van der Waals surface area (Å²) in [6.07, 6.45) is 1.17. The third kappa shape index (κ3) is 9.16. The van der Waals surface area contributed by atoms with Gasteiger partial charge in [0.15, 0.2) is 11.5 Å². The molecule has 2 atom stereocenters. The normalized spacial score (nSPS) is 14.3. The van der Waals surface area contributed by atoms with Gasteiger partial charge in [-0.15, -0.1) is 0 Å². The topological polar surface area (TPSA) is 137 Å². The van der Waals surface area contributed by atoms with E-state index in [4.69, 9.17) is 18.3 Å². The quantitative estimate of drug-likeness (QED) is 0.121. The van der Waals surface area contributed by atoms with E-state index in [2.05, 4.69) is 52.2 Å². The zero-order valence-electron chi connectivity index (χ0n) is 36.3. The molecule has 0 aliphatic heterocycles. The predicted molar refractivity (Wildman–Crippen MR) is 222 cm³/mol. The van der Waals surface area contributed by atoms with E-state index in [9.17, 15) is 9.59 Å². The van der Waals surface area contributed by atoms with Gasteiger partial charge in [0.05, 0.1) is 25.6 Å². The van der Waals surface area contributed by atoms with Gasteiger partial charge in [0.25, 0.3) is 0 Å². The zero-order chi connectivity index (χ0) is 42.2. The maximum absolute atomic E-state index is 15.7. The van der Waals surface area contributed by atoms with E-state index in [-0.39, 0.29) is 58.0 Å². The van der Waals surface area contributed by atoms with Crippen LogP contribution in [0.1, 0.15) is 147 Å². The first-order chi connectivity index (χ1) is 25.8. The van der Waals surface area contributed by atoms with Crippen molar-refractivity contribution < 1.29 is 37.5 Å². The molecule has 0 aliphatic rings. The van der Waals surface area contributed by atoms with E-state index in [1.165, 1.54) is 7.11 Å². The van der Waals surface area contributed by atoms with Crippen LogP contribution in [0.25, 0.3) is 21.9 Å². The molecular weight excluding hydrogens is 709 g/mol. The van der Waals surface area contributed by atoms with Crippen LogP contribution in [0, 0.1) is 21.7 Å². The number of rotatable bonds is 14. The molecule has 2 aromatic carbocycles. The molecule has 0 radical (unpaired) electrons. The number of hydrogen-bond donors (Lipinski definition) is 2. The molecule has 10 nitrogen and oxygen atoms in total. The number of fused-ring (bicyclic) bond motifs is 2. The summed E-state index contributed by atoms with van der Waals surface area (Å²) in [5.41, 5.74) is -2.99. The van der Waals surface area contributed by atoms with Crippen molar-refractivity contribution in [2.24, 2.45) is 21.7 Å². The molecule has 0 aliphatic carbocycles. The largest absolute Gasteiger partial charge is 0.497 e. The Morgan fingerprint density at radius 3 is 1.61 bits per heavy atom. The van der Waals surface area contributed by atoms with Crippen molar-refractivity contribution in [3.8, 4) is 11.5 Å². The molecule has 0 bridgehead atoms. The lowest BCUT2D eigenvalue weighted by molar-refractivity contribution is -0.134. The van der Waals surface area contributed by atoms with Crippen molar-refractivity contribution in [1.29, 1.82) is 0 Å². The standard InChI is InChI=1S/C46H64N2O8/c1-16-47-41(52)46(22-21-42(2,3)4,34-30-26-28(54-15)18-20-32(30)56-37(34)39(50)45(11,12)13)35(40(51)48-24-23-43(5,6)7)33-29-25-27(53-14)17-19-31(29)55-36(33)38(49)44(8,9)10/h17-20,25-26,35H,16,21-24H2,1-15H3,(H,47,52)(H,48,51). The smallest absolute Gasteiger partial charge is 0.231 e. The number of Topliss-reactive ketones (excluding diaryl/α,β-unsaturated/α-hetero) is 2. The zero-order valence-corrected chi connectivity index (χ0v) is 36.3. The lowest BCUT2D eigenvalue weighted by Crippen LogP contribution is -2.54. The van der Waals surface area contributed by atoms with E-state index in [1.807, 2.05) is 6.92 Å². The molecular formula is C46H64N2O8. The van der Waals surface area contributed by atoms with Crippen molar-refractivity contribution in [2.45, 2.75) is 121 Å². The number of furan rings is 2. The van der Waals surface area contributed by atoms with Crippen LogP contribution in [-0.4, -0.2) is 50.7 Å². The van der Waals surface area contributed by atoms with Crippen LogP contribution in [0.2, 0.25) is 0 Å². The fourth-order valence-corrected chi connectivity index (χ4v) is 7.09. The molecule has 0 spiro atoms. The second kappa shape index (κ2) is 16.1. The minimum Gasteiger partial charge on any atom is -0.497 e. The highest BCUT2D eigenvalue weighted by molar-refractivity contribution is 6.12. The first kappa shape index (κ1) is 44.1. The summed E-state index contributed by atoms with van der Waals surface area (Å²) in [7, 11) is 3.08. The second-order valence-corrected chi connectivity index (χ2v) is 19.5. The van der Waals surface area contributed by atoms with Crippen molar-refractivity contribution in [2.75, 3.05) is 27.3 Å². The first-order valence-corrected chi connectivity index (χ1v) is 19.7. The van der Waals surface area contributed by atoms with Gasteiger partial charge >= 0.3 is 0 Å². The average molecular weight is 773 g/mol. The summed E-state index contributed by atoms with van der Waals surface area (Å²) in [4.78, 5) is 60.8. The van der Waals surface area contributed by atoms with Gasteiger partial charge in [0, 0.05) is 45.8 Å². The number of likely N-dealkylation sites (N-methyl/N-ethyl adjacent to an activating group) is 1. The number of nitrogens with one attached hydrogen (secondary N) is 2. The Bertz CT molecular complexity index is 2090. The number of hydrogen-bond acceptors (Lipinski definition) is 8. The summed E-state index contributed by atoms with van der Waals surface area (Å²) in [5, 5.41) is 7.19. The van der Waals surface area contributed by atoms with Crippen LogP contribution < -0.4 is 20.1 Å². The molecule has 2 aromatic heterocycles. The van der Waals surface area contributed by atoms with Gasteiger partial charge in [-0.1, -0.05) is 83.1 Å². The van der Waals surface area contributed by atoms with Crippen LogP contribution in [0.5, 0.6) is 11.5 Å². The number of ketones is 2. The molecule has 2 N–H and O–H groups in total. The molecule has 306 valence electrons. The molecule has 0 fully saturated rings. The number of ether oxygens (including phenoxy) is 2. The third-order valence-corrected chi connectivity index (χ3v) is 10.3. The minimum atomic E-state index is -1.85. The Morgan fingerprint density at radius 2 is 1.12 bits per heavy atom. The maximum Gasteiger partial charge on any atom is 0.231 e. The molecule has 0 saturated heterocycles. The van der Waals surface area contributed by atoms with Crippen LogP contribution in [0.3, 0.4) is 0 Å². The van der Waals surface area contributed by atoms with Crippen LogP contribution in [-0.2, 0) is 15.0 Å². The van der Waals surface area contributed by atoms with Crippen molar-refractivity contribution in [3.63, 3.8) is 0 Å². The Balaban J connectivity index is 2.39. The van der Waals surface area contributed by atoms with Gasteiger partial charge in [-0.05, 0) is 73.4 Å². The summed E-state index contributed by atoms with van der Waals surface area (Å²) in [6.45, 7) is 25.5. The molecule has 2 unspecified atom stereocenters. The van der Waals surface area contributed by atoms with Crippen molar-refractivity contribution in [3.05, 3.63) is 59.0 Å². The number of benzene rings is 2. The van der Waals surface area contributed by atoms with E-state index in [0.29, 0.717) is 52.8 Å². The molecule has 10 heteroatoms. The molecule has 2 heterocycles. The monoisotopic (exact) mass is 772 g/mol. The van der Waals surface area contributed by atoms with E-state index in [0.717, 1.165) is 0 Å².